The number of nitrogens with zero attached hydrogens (tertiary/aromatic N) is 5. The van der Waals surface area contributed by atoms with Gasteiger partial charge in [0.15, 0.2) is 12.0 Å². The first-order valence-corrected chi connectivity index (χ1v) is 12.2. The van der Waals surface area contributed by atoms with Crippen LogP contribution in [0.2, 0.25) is 0 Å². The van der Waals surface area contributed by atoms with Gasteiger partial charge in [0.05, 0.1) is 18.7 Å². The average molecular weight is 515 g/mol. The molecular weight excluding hydrogens is 490 g/mol. The minimum absolute atomic E-state index is 0.0432. The summed E-state index contributed by atoms with van der Waals surface area (Å²) in [5, 5.41) is 3.95. The van der Waals surface area contributed by atoms with Gasteiger partial charge in [-0.25, -0.2) is 37.4 Å². The summed E-state index contributed by atoms with van der Waals surface area (Å²) in [4.78, 5) is 21.6. The fourth-order valence-electron chi connectivity index (χ4n) is 3.27. The zero-order chi connectivity index (χ0) is 25.4. The predicted octanol–water partition coefficient (Wildman–Crippen LogP) is 4.48. The number of unbranched alkanes of at least 4 members (excludes halogenated alkanes) is 1. The molecule has 0 radical (unpaired) electrons. The normalized spacial score (nSPS) is 15.9. The number of hydrogen-bond donors (Lipinski definition) is 1. The quantitative estimate of drug-likeness (QED) is 0.259. The standard InChI is InChI=1S/C21H25F3N5O5P/c1-3-4-7-32-10-17(16-6-5-15(22)8-18(16)23)21(29-13-26-12-28-29)34-35(30,31)33-14(2)20-19(24)9-25-11-27-20/h5-6,8-9,11-14,17,21H,3-4,7,10H2,1-2H3,(H,30,31)/t14-,17-,21?/m0/s1. The molecule has 2 heterocycles. The van der Waals surface area contributed by atoms with Gasteiger partial charge >= 0.3 is 7.82 Å². The third-order valence-electron chi connectivity index (χ3n) is 4.96. The van der Waals surface area contributed by atoms with Crippen LogP contribution in [0.15, 0.2) is 43.4 Å². The van der Waals surface area contributed by atoms with E-state index < -0.39 is 43.5 Å². The summed E-state index contributed by atoms with van der Waals surface area (Å²) < 4.78 is 72.6. The summed E-state index contributed by atoms with van der Waals surface area (Å²) in [6.45, 7) is 3.43. The number of benzene rings is 1. The van der Waals surface area contributed by atoms with Crippen molar-refractivity contribution in [1.29, 1.82) is 0 Å². The van der Waals surface area contributed by atoms with E-state index >= 15 is 0 Å². The van der Waals surface area contributed by atoms with Gasteiger partial charge in [-0.1, -0.05) is 19.4 Å². The molecule has 1 aromatic carbocycles. The van der Waals surface area contributed by atoms with Crippen LogP contribution in [0.3, 0.4) is 0 Å². The topological polar surface area (TPSA) is 121 Å². The molecule has 14 heteroatoms. The molecule has 35 heavy (non-hydrogen) atoms. The van der Waals surface area contributed by atoms with Crippen LogP contribution in [-0.2, 0) is 18.3 Å². The molecule has 2 aromatic heterocycles. The smallest absolute Gasteiger partial charge is 0.381 e. The van der Waals surface area contributed by atoms with Crippen LogP contribution in [0.4, 0.5) is 13.2 Å². The molecule has 3 rings (SSSR count). The first kappa shape index (κ1) is 26.9. The van der Waals surface area contributed by atoms with E-state index in [9.17, 15) is 22.6 Å². The summed E-state index contributed by atoms with van der Waals surface area (Å²) in [7, 11) is -4.94. The maximum absolute atomic E-state index is 14.8. The van der Waals surface area contributed by atoms with Crippen molar-refractivity contribution in [2.45, 2.75) is 44.9 Å². The molecule has 0 saturated heterocycles. The lowest BCUT2D eigenvalue weighted by atomic mass is 9.97. The van der Waals surface area contributed by atoms with Crippen molar-refractivity contribution >= 4 is 7.82 Å². The van der Waals surface area contributed by atoms with Crippen molar-refractivity contribution in [3.8, 4) is 0 Å². The summed E-state index contributed by atoms with van der Waals surface area (Å²) >= 11 is 0. The van der Waals surface area contributed by atoms with Gasteiger partial charge in [-0.15, -0.1) is 0 Å². The third-order valence-corrected chi connectivity index (χ3v) is 6.02. The summed E-state index contributed by atoms with van der Waals surface area (Å²) in [6, 6.07) is 2.92. The molecule has 1 N–H and O–H groups in total. The minimum Gasteiger partial charge on any atom is -0.381 e. The molecule has 10 nitrogen and oxygen atoms in total. The SMILES string of the molecule is CCCCOC[C@@H](c1ccc(F)cc1F)C(OP(=O)(O)O[C@@H](C)c1ncncc1F)n1cncn1. The van der Waals surface area contributed by atoms with Crippen molar-refractivity contribution in [2.24, 2.45) is 0 Å². The van der Waals surface area contributed by atoms with E-state index in [0.717, 1.165) is 42.4 Å². The maximum atomic E-state index is 14.8. The Balaban J connectivity index is 1.92. The molecule has 190 valence electrons. The molecule has 0 spiro atoms. The number of phosphoric ester groups is 1. The third kappa shape index (κ3) is 7.39. The molecule has 0 aliphatic carbocycles. The van der Waals surface area contributed by atoms with Gasteiger partial charge in [0.2, 0.25) is 0 Å². The van der Waals surface area contributed by atoms with Crippen LogP contribution in [0, 0.1) is 17.5 Å². The van der Waals surface area contributed by atoms with E-state index in [0.29, 0.717) is 12.7 Å². The van der Waals surface area contributed by atoms with Gasteiger partial charge in [0.1, 0.15) is 42.4 Å². The van der Waals surface area contributed by atoms with Crippen LogP contribution in [-0.4, -0.2) is 42.8 Å². The van der Waals surface area contributed by atoms with Crippen LogP contribution < -0.4 is 0 Å². The van der Waals surface area contributed by atoms with Crippen LogP contribution in [0.5, 0.6) is 0 Å². The van der Waals surface area contributed by atoms with E-state index in [1.807, 2.05) is 6.92 Å². The Morgan fingerprint density at radius 1 is 1.14 bits per heavy atom. The van der Waals surface area contributed by atoms with E-state index in [2.05, 4.69) is 20.1 Å². The Kier molecular flexibility index (Phi) is 9.47. The molecule has 3 aromatic rings. The molecule has 0 fully saturated rings. The van der Waals surface area contributed by atoms with Gasteiger partial charge in [0.25, 0.3) is 0 Å². The number of rotatable bonds is 13. The van der Waals surface area contributed by atoms with Gasteiger partial charge in [-0.3, -0.25) is 9.05 Å². The monoisotopic (exact) mass is 515 g/mol. The minimum atomic E-state index is -4.94. The lowest BCUT2D eigenvalue weighted by Crippen LogP contribution is -2.26. The van der Waals surface area contributed by atoms with Crippen LogP contribution in [0.25, 0.3) is 0 Å². The highest BCUT2D eigenvalue weighted by Gasteiger charge is 2.38. The van der Waals surface area contributed by atoms with Crippen molar-refractivity contribution in [1.82, 2.24) is 24.7 Å². The van der Waals surface area contributed by atoms with E-state index in [1.165, 1.54) is 19.3 Å². The van der Waals surface area contributed by atoms with Crippen molar-refractivity contribution in [3.63, 3.8) is 0 Å². The molecule has 0 aliphatic rings. The van der Waals surface area contributed by atoms with Crippen molar-refractivity contribution in [3.05, 3.63) is 72.1 Å². The number of hydrogen-bond acceptors (Lipinski definition) is 8. The zero-order valence-corrected chi connectivity index (χ0v) is 19.9. The van der Waals surface area contributed by atoms with E-state index in [1.54, 1.807) is 0 Å². The summed E-state index contributed by atoms with van der Waals surface area (Å²) in [5.41, 5.74) is -0.308. The molecule has 0 saturated carbocycles. The zero-order valence-electron chi connectivity index (χ0n) is 19.0. The second-order valence-electron chi connectivity index (χ2n) is 7.54. The highest BCUT2D eigenvalue weighted by molar-refractivity contribution is 7.47. The second kappa shape index (κ2) is 12.3. The lowest BCUT2D eigenvalue weighted by Gasteiger charge is -2.29. The Hall–Kier alpha value is -2.70. The van der Waals surface area contributed by atoms with Crippen LogP contribution in [0.1, 0.15) is 56.2 Å². The molecule has 4 atom stereocenters. The molecule has 0 bridgehead atoms. The highest BCUT2D eigenvalue weighted by Crippen LogP contribution is 2.53. The lowest BCUT2D eigenvalue weighted by molar-refractivity contribution is -0.00387. The number of ether oxygens (including phenoxy) is 1. The first-order valence-electron chi connectivity index (χ1n) is 10.7. The van der Waals surface area contributed by atoms with Crippen LogP contribution >= 0.6 is 7.82 Å². The Morgan fingerprint density at radius 2 is 1.94 bits per heavy atom. The highest BCUT2D eigenvalue weighted by atomic mass is 31.2. The van der Waals surface area contributed by atoms with Gasteiger partial charge in [-0.2, -0.15) is 5.10 Å². The van der Waals surface area contributed by atoms with Crippen molar-refractivity contribution < 1.29 is 36.4 Å². The fraction of sp³-hybridized carbons (Fsp3) is 0.429. The summed E-state index contributed by atoms with van der Waals surface area (Å²) in [6.07, 6.45) is 3.08. The van der Waals surface area contributed by atoms with Gasteiger partial charge in [-0.05, 0) is 25.0 Å². The maximum Gasteiger partial charge on any atom is 0.474 e. The number of aromatic nitrogens is 5. The number of phosphoric acid groups is 1. The summed E-state index contributed by atoms with van der Waals surface area (Å²) in [5.74, 6) is -3.62. The Bertz CT molecular complexity index is 1140. The molecule has 0 aliphatic heterocycles. The predicted molar refractivity (Wildman–Crippen MR) is 116 cm³/mol. The van der Waals surface area contributed by atoms with E-state index in [4.69, 9.17) is 13.8 Å². The second-order valence-corrected chi connectivity index (χ2v) is 8.90. The van der Waals surface area contributed by atoms with Crippen molar-refractivity contribution in [2.75, 3.05) is 13.2 Å². The largest absolute Gasteiger partial charge is 0.474 e. The molecule has 0 amide bonds. The molecule has 2 unspecified atom stereocenters. The average Bonchev–Trinajstić information content (AvgIpc) is 3.33. The molecular formula is C21H25F3N5O5P. The van der Waals surface area contributed by atoms with E-state index in [-0.39, 0.29) is 17.9 Å². The Labute approximate surface area is 199 Å². The number of halogens is 3. The Morgan fingerprint density at radius 3 is 2.60 bits per heavy atom. The first-order chi connectivity index (χ1) is 16.7. The van der Waals surface area contributed by atoms with Gasteiger partial charge in [0, 0.05) is 12.7 Å². The fourth-order valence-corrected chi connectivity index (χ4v) is 4.34. The van der Waals surface area contributed by atoms with Gasteiger partial charge < -0.3 is 9.63 Å².